The maximum Gasteiger partial charge on any atom is 0.244 e. The topological polar surface area (TPSA) is 37.4 Å². The van der Waals surface area contributed by atoms with Gasteiger partial charge in [0.25, 0.3) is 0 Å². The number of hydrogen-bond acceptors (Lipinski definition) is 2. The summed E-state index contributed by atoms with van der Waals surface area (Å²) in [4.78, 5) is 0.320. The number of hydrogen-bond donors (Lipinski definition) is 0. The van der Waals surface area contributed by atoms with E-state index in [1.54, 1.807) is 25.2 Å². The number of nitrogens with zero attached hydrogens (tertiary/aromatic N) is 1. The second-order valence-electron chi connectivity index (χ2n) is 5.56. The number of rotatable bonds is 3. The molecule has 0 N–H and O–H groups in total. The molecule has 0 unspecified atom stereocenters. The molecule has 0 aliphatic heterocycles. The average molecular weight is 380 g/mol. The number of halogens is 1. The highest BCUT2D eigenvalue weighted by molar-refractivity contribution is 9.10. The van der Waals surface area contributed by atoms with Crippen molar-refractivity contribution < 1.29 is 8.42 Å². The Kier molecular flexibility index (Phi) is 4.39. The fraction of sp³-hybridized carbons (Fsp3) is 0.294. The lowest BCUT2D eigenvalue weighted by atomic mass is 9.88. The Morgan fingerprint density at radius 2 is 1.77 bits per heavy atom. The van der Waals surface area contributed by atoms with Crippen LogP contribution in [0, 0.1) is 0 Å². The van der Waals surface area contributed by atoms with Crippen LogP contribution in [0.25, 0.3) is 0 Å². The van der Waals surface area contributed by atoms with Crippen molar-refractivity contribution in [2.24, 2.45) is 0 Å². The summed E-state index contributed by atoms with van der Waals surface area (Å²) in [6.07, 6.45) is 2.89. The molecular weight excluding hydrogens is 362 g/mol. The third-order valence-electron chi connectivity index (χ3n) is 4.27. The van der Waals surface area contributed by atoms with Gasteiger partial charge in [0.15, 0.2) is 0 Å². The molecule has 0 saturated carbocycles. The summed E-state index contributed by atoms with van der Waals surface area (Å²) in [5.74, 6) is 0. The molecule has 3 rings (SSSR count). The first-order valence-corrected chi connectivity index (χ1v) is 9.55. The van der Waals surface area contributed by atoms with Crippen molar-refractivity contribution in [1.82, 2.24) is 4.31 Å². The quantitative estimate of drug-likeness (QED) is 0.803. The smallest absolute Gasteiger partial charge is 0.207 e. The van der Waals surface area contributed by atoms with Gasteiger partial charge in [-0.3, -0.25) is 0 Å². The van der Waals surface area contributed by atoms with E-state index in [0.29, 0.717) is 9.37 Å². The average Bonchev–Trinajstić information content (AvgIpc) is 2.54. The van der Waals surface area contributed by atoms with E-state index in [2.05, 4.69) is 22.0 Å². The molecule has 116 valence electrons. The van der Waals surface area contributed by atoms with Gasteiger partial charge in [-0.25, -0.2) is 8.42 Å². The van der Waals surface area contributed by atoms with Gasteiger partial charge >= 0.3 is 0 Å². The lowest BCUT2D eigenvalue weighted by molar-refractivity contribution is 0.337. The van der Waals surface area contributed by atoms with Crippen LogP contribution in [0.1, 0.15) is 30.0 Å². The van der Waals surface area contributed by atoms with E-state index in [0.717, 1.165) is 24.8 Å². The fourth-order valence-corrected chi connectivity index (χ4v) is 5.41. The molecule has 1 atom stereocenters. The Hall–Kier alpha value is -1.17. The summed E-state index contributed by atoms with van der Waals surface area (Å²) in [5, 5.41) is 0. The highest BCUT2D eigenvalue weighted by atomic mass is 79.9. The molecule has 0 bridgehead atoms. The number of fused-ring (bicyclic) bond motifs is 1. The molecule has 5 heteroatoms. The summed E-state index contributed by atoms with van der Waals surface area (Å²) in [6.45, 7) is 0. The van der Waals surface area contributed by atoms with Crippen LogP contribution >= 0.6 is 15.9 Å². The second kappa shape index (κ2) is 6.14. The lowest BCUT2D eigenvalue weighted by Gasteiger charge is -2.32. The zero-order valence-electron chi connectivity index (χ0n) is 12.4. The minimum absolute atomic E-state index is 0.0953. The Morgan fingerprint density at radius 1 is 1.09 bits per heavy atom. The van der Waals surface area contributed by atoms with Crippen molar-refractivity contribution in [3.63, 3.8) is 0 Å². The molecular formula is C17H18BrNO2S. The summed E-state index contributed by atoms with van der Waals surface area (Å²) < 4.78 is 28.0. The van der Waals surface area contributed by atoms with Crippen LogP contribution in [0.4, 0.5) is 0 Å². The minimum Gasteiger partial charge on any atom is -0.207 e. The standard InChI is InChI=1S/C17H18BrNO2S/c1-19(22(20,21)17-12-5-4-10-15(17)18)16-11-6-8-13-7-2-3-9-14(13)16/h2-5,7,9-10,12,16H,6,8,11H2,1H3/t16-/m1/s1. The lowest BCUT2D eigenvalue weighted by Crippen LogP contribution is -2.33. The van der Waals surface area contributed by atoms with Crippen molar-refractivity contribution in [2.45, 2.75) is 30.2 Å². The van der Waals surface area contributed by atoms with Crippen LogP contribution in [-0.2, 0) is 16.4 Å². The minimum atomic E-state index is -3.53. The Labute approximate surface area is 140 Å². The predicted octanol–water partition coefficient (Wildman–Crippen LogP) is 4.15. The van der Waals surface area contributed by atoms with E-state index >= 15 is 0 Å². The maximum atomic E-state index is 13.0. The molecule has 22 heavy (non-hydrogen) atoms. The van der Waals surface area contributed by atoms with Crippen LogP contribution in [-0.4, -0.2) is 19.8 Å². The van der Waals surface area contributed by atoms with E-state index in [9.17, 15) is 8.42 Å². The van der Waals surface area contributed by atoms with Crippen molar-refractivity contribution in [2.75, 3.05) is 7.05 Å². The van der Waals surface area contributed by atoms with E-state index in [1.807, 2.05) is 24.3 Å². The van der Waals surface area contributed by atoms with Gasteiger partial charge in [0, 0.05) is 17.6 Å². The summed E-state index contributed by atoms with van der Waals surface area (Å²) in [6, 6.07) is 15.0. The molecule has 0 saturated heterocycles. The first-order valence-electron chi connectivity index (χ1n) is 7.32. The van der Waals surface area contributed by atoms with Gasteiger partial charge in [0.2, 0.25) is 10.0 Å². The van der Waals surface area contributed by atoms with Crippen LogP contribution in [0.15, 0.2) is 57.9 Å². The van der Waals surface area contributed by atoms with Crippen LogP contribution in [0.5, 0.6) is 0 Å². The third kappa shape index (κ3) is 2.73. The van der Waals surface area contributed by atoms with Gasteiger partial charge in [-0.2, -0.15) is 4.31 Å². The van der Waals surface area contributed by atoms with Gasteiger partial charge < -0.3 is 0 Å². The van der Waals surface area contributed by atoms with Crippen LogP contribution in [0.3, 0.4) is 0 Å². The highest BCUT2D eigenvalue weighted by Crippen LogP contribution is 2.37. The molecule has 1 aliphatic carbocycles. The van der Waals surface area contributed by atoms with Gasteiger partial charge in [0.1, 0.15) is 0 Å². The summed E-state index contributed by atoms with van der Waals surface area (Å²) in [7, 11) is -1.84. The monoisotopic (exact) mass is 379 g/mol. The van der Waals surface area contributed by atoms with Crippen molar-refractivity contribution in [3.8, 4) is 0 Å². The van der Waals surface area contributed by atoms with Crippen LogP contribution < -0.4 is 0 Å². The second-order valence-corrected chi connectivity index (χ2v) is 8.38. The van der Waals surface area contributed by atoms with Gasteiger partial charge in [-0.05, 0) is 58.5 Å². The van der Waals surface area contributed by atoms with E-state index in [1.165, 1.54) is 9.87 Å². The predicted molar refractivity (Wildman–Crippen MR) is 91.2 cm³/mol. The summed E-state index contributed by atoms with van der Waals surface area (Å²) in [5.41, 5.74) is 2.39. The SMILES string of the molecule is CN([C@@H]1CCCc2ccccc21)S(=O)(=O)c1ccccc1Br. The largest absolute Gasteiger partial charge is 0.244 e. The van der Waals surface area contributed by atoms with Crippen molar-refractivity contribution >= 4 is 26.0 Å². The first kappa shape index (κ1) is 15.7. The molecule has 0 radical (unpaired) electrons. The highest BCUT2D eigenvalue weighted by Gasteiger charge is 2.32. The zero-order chi connectivity index (χ0) is 15.7. The molecule has 0 heterocycles. The first-order chi connectivity index (χ1) is 10.5. The fourth-order valence-electron chi connectivity index (χ4n) is 3.08. The Balaban J connectivity index is 2.02. The molecule has 1 aliphatic rings. The number of benzene rings is 2. The number of aryl methyl sites for hydroxylation is 1. The Bertz CT molecular complexity index is 789. The normalized spacial score (nSPS) is 18.2. The zero-order valence-corrected chi connectivity index (χ0v) is 14.8. The Morgan fingerprint density at radius 3 is 2.55 bits per heavy atom. The molecule has 0 spiro atoms. The molecule has 0 aromatic heterocycles. The molecule has 3 nitrogen and oxygen atoms in total. The van der Waals surface area contributed by atoms with Gasteiger partial charge in [-0.15, -0.1) is 0 Å². The van der Waals surface area contributed by atoms with E-state index in [4.69, 9.17) is 0 Å². The van der Waals surface area contributed by atoms with Crippen molar-refractivity contribution in [1.29, 1.82) is 0 Å². The van der Waals surface area contributed by atoms with E-state index in [-0.39, 0.29) is 6.04 Å². The van der Waals surface area contributed by atoms with Gasteiger partial charge in [0.05, 0.1) is 4.90 Å². The maximum absolute atomic E-state index is 13.0. The summed E-state index contributed by atoms with van der Waals surface area (Å²) >= 11 is 3.35. The molecule has 0 amide bonds. The van der Waals surface area contributed by atoms with Crippen molar-refractivity contribution in [3.05, 3.63) is 64.1 Å². The third-order valence-corrected chi connectivity index (χ3v) is 7.15. The number of sulfonamides is 1. The molecule has 0 fully saturated rings. The van der Waals surface area contributed by atoms with E-state index < -0.39 is 10.0 Å². The van der Waals surface area contributed by atoms with Crippen LogP contribution in [0.2, 0.25) is 0 Å². The van der Waals surface area contributed by atoms with Gasteiger partial charge in [-0.1, -0.05) is 36.4 Å². The molecule has 2 aromatic rings. The molecule has 2 aromatic carbocycles.